The van der Waals surface area contributed by atoms with E-state index in [2.05, 4.69) is 17.9 Å². The van der Waals surface area contributed by atoms with Gasteiger partial charge in [0.15, 0.2) is 0 Å². The zero-order valence-electron chi connectivity index (χ0n) is 16.2. The highest BCUT2D eigenvalue weighted by Gasteiger charge is 2.34. The van der Waals surface area contributed by atoms with E-state index < -0.39 is 16.9 Å². The number of nitro benzene ring substituents is 1. The Balaban J connectivity index is 1.76. The fourth-order valence-electron chi connectivity index (χ4n) is 2.87. The summed E-state index contributed by atoms with van der Waals surface area (Å²) in [6.45, 7) is 0.304. The van der Waals surface area contributed by atoms with Crippen LogP contribution in [0.25, 0.3) is 0 Å². The molecule has 3 N–H and O–H groups in total. The first-order chi connectivity index (χ1) is 14.3. The van der Waals surface area contributed by atoms with Crippen molar-refractivity contribution in [1.29, 1.82) is 0 Å². The second kappa shape index (κ2) is 11.6. The van der Waals surface area contributed by atoms with E-state index in [-0.39, 0.29) is 42.5 Å². The molecule has 0 radical (unpaired) electrons. The molecule has 10 nitrogen and oxygen atoms in total. The standard InChI is InChI=1S/C18H24N4O6S2/c19-16(23)8-20-17(24)5-6-30-11-14-7-15(29)9-21(14)18(25)28-10-12-1-3-13(4-2-12)22(26)27/h1-4,14-15,29H,5-11H2,(H2,19,23)(H,20,24)/t14-,15-/m0/s1. The summed E-state index contributed by atoms with van der Waals surface area (Å²) in [4.78, 5) is 46.5. The molecule has 0 aromatic heterocycles. The van der Waals surface area contributed by atoms with Gasteiger partial charge in [0.25, 0.3) is 5.69 Å². The second-order valence-corrected chi connectivity index (χ2v) is 8.62. The number of primary amides is 1. The van der Waals surface area contributed by atoms with Gasteiger partial charge in [0, 0.05) is 47.9 Å². The number of nitrogens with zero attached hydrogens (tertiary/aromatic N) is 2. The first-order valence-electron chi connectivity index (χ1n) is 9.23. The summed E-state index contributed by atoms with van der Waals surface area (Å²) >= 11 is 6.00. The lowest BCUT2D eigenvalue weighted by atomic mass is 10.2. The molecule has 1 aliphatic rings. The van der Waals surface area contributed by atoms with Crippen LogP contribution in [-0.4, -0.2) is 63.6 Å². The number of nitrogens with one attached hydrogen (secondary N) is 1. The minimum Gasteiger partial charge on any atom is -0.445 e. The first-order valence-corrected chi connectivity index (χ1v) is 10.9. The van der Waals surface area contributed by atoms with E-state index in [4.69, 9.17) is 10.5 Å². The first kappa shape index (κ1) is 23.8. The zero-order chi connectivity index (χ0) is 22.1. The van der Waals surface area contributed by atoms with Gasteiger partial charge in [0.2, 0.25) is 11.8 Å². The third-order valence-corrected chi connectivity index (χ3v) is 5.87. The van der Waals surface area contributed by atoms with E-state index in [0.717, 1.165) is 6.42 Å². The van der Waals surface area contributed by atoms with Crippen LogP contribution in [0.3, 0.4) is 0 Å². The van der Waals surface area contributed by atoms with Crippen LogP contribution in [0.1, 0.15) is 18.4 Å². The normalized spacial score (nSPS) is 18.1. The molecule has 0 bridgehead atoms. The number of non-ortho nitro benzene ring substituents is 1. The molecule has 3 amide bonds. The van der Waals surface area contributed by atoms with Gasteiger partial charge >= 0.3 is 6.09 Å². The van der Waals surface area contributed by atoms with Gasteiger partial charge in [0.1, 0.15) is 6.61 Å². The number of thiol groups is 1. The fourth-order valence-corrected chi connectivity index (χ4v) is 4.38. The van der Waals surface area contributed by atoms with Crippen molar-refractivity contribution in [2.45, 2.75) is 30.7 Å². The minimum atomic E-state index is -0.593. The molecule has 1 fully saturated rings. The molecule has 30 heavy (non-hydrogen) atoms. The van der Waals surface area contributed by atoms with E-state index in [1.54, 1.807) is 17.0 Å². The molecule has 164 valence electrons. The van der Waals surface area contributed by atoms with Gasteiger partial charge in [-0.1, -0.05) is 0 Å². The van der Waals surface area contributed by atoms with E-state index in [1.165, 1.54) is 23.9 Å². The van der Waals surface area contributed by atoms with E-state index in [0.29, 0.717) is 23.6 Å². The largest absolute Gasteiger partial charge is 0.445 e. The Morgan fingerprint density at radius 2 is 2.03 bits per heavy atom. The van der Waals surface area contributed by atoms with Crippen LogP contribution in [0.2, 0.25) is 0 Å². The number of hydrogen-bond acceptors (Lipinski definition) is 8. The molecule has 0 unspecified atom stereocenters. The van der Waals surface area contributed by atoms with E-state index in [9.17, 15) is 24.5 Å². The molecule has 0 aliphatic carbocycles. The Morgan fingerprint density at radius 1 is 1.33 bits per heavy atom. The maximum absolute atomic E-state index is 12.5. The van der Waals surface area contributed by atoms with Gasteiger partial charge in [-0.2, -0.15) is 24.4 Å². The number of nitrogens with two attached hydrogens (primary N) is 1. The lowest BCUT2D eigenvalue weighted by molar-refractivity contribution is -0.384. The summed E-state index contributed by atoms with van der Waals surface area (Å²) < 4.78 is 5.36. The molecule has 1 aromatic rings. The number of carbonyl (C=O) groups is 3. The lowest BCUT2D eigenvalue weighted by Crippen LogP contribution is -2.37. The molecule has 0 saturated carbocycles. The lowest BCUT2D eigenvalue weighted by Gasteiger charge is -2.23. The third-order valence-electron chi connectivity index (χ3n) is 4.38. The van der Waals surface area contributed by atoms with Crippen LogP contribution >= 0.6 is 24.4 Å². The van der Waals surface area contributed by atoms with Crippen molar-refractivity contribution in [2.75, 3.05) is 24.6 Å². The summed E-state index contributed by atoms with van der Waals surface area (Å²) in [6, 6.07) is 5.76. The van der Waals surface area contributed by atoms with Crippen molar-refractivity contribution < 1.29 is 24.0 Å². The van der Waals surface area contributed by atoms with Crippen molar-refractivity contribution in [1.82, 2.24) is 10.2 Å². The SMILES string of the molecule is NC(=O)CNC(=O)CCSC[C@@H]1C[C@H](S)CN1C(=O)OCc1ccc([N+](=O)[O-])cc1. The molecule has 2 rings (SSSR count). The van der Waals surface area contributed by atoms with Gasteiger partial charge in [-0.3, -0.25) is 19.7 Å². The van der Waals surface area contributed by atoms with Gasteiger partial charge in [-0.25, -0.2) is 4.79 Å². The number of likely N-dealkylation sites (tertiary alicyclic amines) is 1. The fraction of sp³-hybridized carbons (Fsp3) is 0.500. The number of hydrogen-bond donors (Lipinski definition) is 3. The summed E-state index contributed by atoms with van der Waals surface area (Å²) in [6.07, 6.45) is 0.505. The van der Waals surface area contributed by atoms with Crippen LogP contribution in [0.4, 0.5) is 10.5 Å². The third kappa shape index (κ3) is 7.75. The van der Waals surface area contributed by atoms with Crippen LogP contribution in [0.5, 0.6) is 0 Å². The molecular formula is C18H24N4O6S2. The van der Waals surface area contributed by atoms with Gasteiger partial charge in [-0.15, -0.1) is 0 Å². The Hall–Kier alpha value is -2.47. The van der Waals surface area contributed by atoms with Crippen LogP contribution in [-0.2, 0) is 20.9 Å². The average molecular weight is 457 g/mol. The van der Waals surface area contributed by atoms with Crippen molar-refractivity contribution >= 4 is 48.0 Å². The van der Waals surface area contributed by atoms with E-state index in [1.807, 2.05) is 0 Å². The van der Waals surface area contributed by atoms with Crippen molar-refractivity contribution in [3.63, 3.8) is 0 Å². The highest BCUT2D eigenvalue weighted by molar-refractivity contribution is 7.99. The van der Waals surface area contributed by atoms with Gasteiger partial charge in [0.05, 0.1) is 11.5 Å². The molecule has 1 heterocycles. The molecule has 1 aliphatic heterocycles. The molecule has 1 saturated heterocycles. The maximum atomic E-state index is 12.5. The predicted molar refractivity (Wildman–Crippen MR) is 115 cm³/mol. The number of nitro groups is 1. The number of ether oxygens (including phenoxy) is 1. The predicted octanol–water partition coefficient (Wildman–Crippen LogP) is 1.33. The summed E-state index contributed by atoms with van der Waals surface area (Å²) in [5, 5.41) is 13.2. The van der Waals surface area contributed by atoms with Crippen LogP contribution in [0, 0.1) is 10.1 Å². The van der Waals surface area contributed by atoms with Crippen molar-refractivity contribution in [3.05, 3.63) is 39.9 Å². The molecule has 12 heteroatoms. The Morgan fingerprint density at radius 3 is 2.67 bits per heavy atom. The monoisotopic (exact) mass is 456 g/mol. The summed E-state index contributed by atoms with van der Waals surface area (Å²) in [7, 11) is 0. The summed E-state index contributed by atoms with van der Waals surface area (Å²) in [5.41, 5.74) is 5.60. The zero-order valence-corrected chi connectivity index (χ0v) is 17.9. The Kier molecular flexibility index (Phi) is 9.24. The minimum absolute atomic E-state index is 0.0183. The van der Waals surface area contributed by atoms with Crippen LogP contribution < -0.4 is 11.1 Å². The second-order valence-electron chi connectivity index (χ2n) is 6.74. The Bertz CT molecular complexity index is 776. The molecular weight excluding hydrogens is 432 g/mol. The number of thioether (sulfide) groups is 1. The number of amides is 3. The Labute approximate surface area is 183 Å². The average Bonchev–Trinajstić information content (AvgIpc) is 3.08. The van der Waals surface area contributed by atoms with Crippen molar-refractivity contribution in [2.24, 2.45) is 5.73 Å². The maximum Gasteiger partial charge on any atom is 0.410 e. The molecule has 1 aromatic carbocycles. The van der Waals surface area contributed by atoms with Gasteiger partial charge < -0.3 is 20.7 Å². The molecule has 2 atom stereocenters. The van der Waals surface area contributed by atoms with Gasteiger partial charge in [-0.05, 0) is 24.1 Å². The smallest absolute Gasteiger partial charge is 0.410 e. The topological polar surface area (TPSA) is 145 Å². The van der Waals surface area contributed by atoms with E-state index >= 15 is 0 Å². The highest BCUT2D eigenvalue weighted by atomic mass is 32.2. The molecule has 0 spiro atoms. The number of rotatable bonds is 10. The summed E-state index contributed by atoms with van der Waals surface area (Å²) in [5.74, 6) is 0.334. The quantitative estimate of drug-likeness (QED) is 0.208. The number of benzene rings is 1. The highest BCUT2D eigenvalue weighted by Crippen LogP contribution is 2.26. The van der Waals surface area contributed by atoms with Crippen LogP contribution in [0.15, 0.2) is 24.3 Å². The number of carbonyl (C=O) groups excluding carboxylic acids is 3. The van der Waals surface area contributed by atoms with Crippen molar-refractivity contribution in [3.8, 4) is 0 Å².